The van der Waals surface area contributed by atoms with Gasteiger partial charge in [0, 0.05) is 23.6 Å². The van der Waals surface area contributed by atoms with Crippen LogP contribution in [0.1, 0.15) is 38.0 Å². The molecule has 3 rings (SSSR count). The molecule has 0 radical (unpaired) electrons. The van der Waals surface area contributed by atoms with E-state index >= 15 is 0 Å². The Morgan fingerprint density at radius 2 is 2.04 bits per heavy atom. The van der Waals surface area contributed by atoms with Gasteiger partial charge in [0.05, 0.1) is 18.3 Å². The lowest BCUT2D eigenvalue weighted by atomic mass is 10.0. The van der Waals surface area contributed by atoms with Crippen LogP contribution in [0, 0.1) is 6.92 Å². The Hall–Kier alpha value is -2.87. The molecule has 0 aliphatic carbocycles. The molecule has 6 nitrogen and oxygen atoms in total. The molecule has 1 aromatic carbocycles. The van der Waals surface area contributed by atoms with E-state index in [1.165, 1.54) is 12.3 Å². The maximum absolute atomic E-state index is 12.8. The molecule has 8 heteroatoms. The Morgan fingerprint density at radius 1 is 1.25 bits per heavy atom. The van der Waals surface area contributed by atoms with E-state index in [-0.39, 0.29) is 11.6 Å². The molecule has 0 aliphatic rings. The monoisotopic (exact) mass is 387 g/mol. The average Bonchev–Trinajstić information content (AvgIpc) is 3.09. The molecule has 0 saturated heterocycles. The maximum atomic E-state index is 12.8. The summed E-state index contributed by atoms with van der Waals surface area (Å²) >= 11 is 0. The Labute approximate surface area is 162 Å². The number of aryl methyl sites for hydroxylation is 1. The lowest BCUT2D eigenvalue weighted by Gasteiger charge is -2.20. The summed E-state index contributed by atoms with van der Waals surface area (Å²) in [5.41, 5.74) is 2.33. The summed E-state index contributed by atoms with van der Waals surface area (Å²) in [6.07, 6.45) is 2.88. The SMILES string of the molecule is CC[C@@](C)(O)Cn1cc(-c2cc(C)cc(Nc3nccc(C(F)F)n3)c2)cn1. The molecule has 0 amide bonds. The third kappa shape index (κ3) is 4.89. The van der Waals surface area contributed by atoms with Crippen molar-refractivity contribution in [1.82, 2.24) is 19.7 Å². The third-order valence-electron chi connectivity index (χ3n) is 4.47. The number of anilines is 2. The molecular weight excluding hydrogens is 364 g/mol. The molecule has 2 N–H and O–H groups in total. The van der Waals surface area contributed by atoms with Crippen molar-refractivity contribution in [2.75, 3.05) is 5.32 Å². The van der Waals surface area contributed by atoms with E-state index < -0.39 is 12.0 Å². The Morgan fingerprint density at radius 3 is 2.75 bits per heavy atom. The normalized spacial score (nSPS) is 13.5. The molecular formula is C20H23F2N5O. The third-order valence-corrected chi connectivity index (χ3v) is 4.47. The van der Waals surface area contributed by atoms with Crippen LogP contribution in [-0.4, -0.2) is 30.5 Å². The van der Waals surface area contributed by atoms with Gasteiger partial charge in [0.2, 0.25) is 5.95 Å². The summed E-state index contributed by atoms with van der Waals surface area (Å²) in [6, 6.07) is 6.96. The van der Waals surface area contributed by atoms with E-state index in [4.69, 9.17) is 0 Å². The first-order valence-corrected chi connectivity index (χ1v) is 9.01. The second-order valence-electron chi connectivity index (χ2n) is 7.10. The minimum absolute atomic E-state index is 0.115. The standard InChI is InChI=1S/C20H23F2N5O/c1-4-20(3,28)12-27-11-15(10-24-27)14-7-13(2)8-16(9-14)25-19-23-6-5-17(26-19)18(21)22/h5-11,18,28H,4,12H2,1-3H3,(H,23,25,26)/t20-/m1/s1. The highest BCUT2D eigenvalue weighted by Crippen LogP contribution is 2.27. The highest BCUT2D eigenvalue weighted by atomic mass is 19.3. The summed E-state index contributed by atoms with van der Waals surface area (Å²) in [6.45, 7) is 6.04. The van der Waals surface area contributed by atoms with Gasteiger partial charge in [-0.2, -0.15) is 5.10 Å². The largest absolute Gasteiger partial charge is 0.388 e. The van der Waals surface area contributed by atoms with Gasteiger partial charge in [-0.15, -0.1) is 0 Å². The van der Waals surface area contributed by atoms with Crippen LogP contribution in [-0.2, 0) is 6.54 Å². The molecule has 148 valence electrons. The van der Waals surface area contributed by atoms with Gasteiger partial charge in [-0.1, -0.05) is 13.0 Å². The molecule has 1 atom stereocenters. The maximum Gasteiger partial charge on any atom is 0.280 e. The van der Waals surface area contributed by atoms with Crippen molar-refractivity contribution in [3.63, 3.8) is 0 Å². The zero-order chi connectivity index (χ0) is 20.3. The number of hydrogen-bond acceptors (Lipinski definition) is 5. The number of halogens is 2. The Bertz CT molecular complexity index is 955. The molecule has 0 aliphatic heterocycles. The summed E-state index contributed by atoms with van der Waals surface area (Å²) in [7, 11) is 0. The molecule has 0 unspecified atom stereocenters. The van der Waals surface area contributed by atoms with Crippen LogP contribution in [0.3, 0.4) is 0 Å². The predicted octanol–water partition coefficient (Wildman–Crippen LogP) is 4.49. The van der Waals surface area contributed by atoms with E-state index in [0.29, 0.717) is 18.7 Å². The topological polar surface area (TPSA) is 75.9 Å². The molecule has 2 heterocycles. The van der Waals surface area contributed by atoms with Gasteiger partial charge in [-0.05, 0) is 49.6 Å². The fourth-order valence-electron chi connectivity index (χ4n) is 2.77. The van der Waals surface area contributed by atoms with Crippen LogP contribution < -0.4 is 5.32 Å². The van der Waals surface area contributed by atoms with Crippen LogP contribution in [0.5, 0.6) is 0 Å². The van der Waals surface area contributed by atoms with Crippen LogP contribution in [0.4, 0.5) is 20.4 Å². The fraction of sp³-hybridized carbons (Fsp3) is 0.350. The number of hydrogen-bond donors (Lipinski definition) is 2. The minimum atomic E-state index is -2.65. The fourth-order valence-corrected chi connectivity index (χ4v) is 2.77. The van der Waals surface area contributed by atoms with Crippen molar-refractivity contribution < 1.29 is 13.9 Å². The number of alkyl halides is 2. The number of aromatic nitrogens is 4. The van der Waals surface area contributed by atoms with Crippen molar-refractivity contribution >= 4 is 11.6 Å². The molecule has 0 spiro atoms. The van der Waals surface area contributed by atoms with Gasteiger partial charge in [0.15, 0.2) is 0 Å². The first-order chi connectivity index (χ1) is 13.3. The number of aliphatic hydroxyl groups is 1. The molecule has 0 saturated carbocycles. The van der Waals surface area contributed by atoms with Crippen molar-refractivity contribution in [2.24, 2.45) is 0 Å². The van der Waals surface area contributed by atoms with E-state index in [0.717, 1.165) is 16.7 Å². The first-order valence-electron chi connectivity index (χ1n) is 9.01. The molecule has 28 heavy (non-hydrogen) atoms. The lowest BCUT2D eigenvalue weighted by molar-refractivity contribution is 0.0345. The zero-order valence-electron chi connectivity index (χ0n) is 16.0. The highest BCUT2D eigenvalue weighted by Gasteiger charge is 2.19. The molecule has 2 aromatic heterocycles. The van der Waals surface area contributed by atoms with Crippen molar-refractivity contribution in [1.29, 1.82) is 0 Å². The Kier molecular flexibility index (Phi) is 5.69. The van der Waals surface area contributed by atoms with Gasteiger partial charge in [0.1, 0.15) is 5.69 Å². The van der Waals surface area contributed by atoms with E-state index in [1.807, 2.05) is 38.2 Å². The van der Waals surface area contributed by atoms with Crippen LogP contribution in [0.25, 0.3) is 11.1 Å². The van der Waals surface area contributed by atoms with Gasteiger partial charge < -0.3 is 10.4 Å². The molecule has 0 bridgehead atoms. The van der Waals surface area contributed by atoms with E-state index in [9.17, 15) is 13.9 Å². The van der Waals surface area contributed by atoms with E-state index in [2.05, 4.69) is 20.4 Å². The first kappa shape index (κ1) is 19.9. The number of rotatable bonds is 7. The molecule has 0 fully saturated rings. The summed E-state index contributed by atoms with van der Waals surface area (Å²) < 4.78 is 27.4. The van der Waals surface area contributed by atoms with Crippen LogP contribution >= 0.6 is 0 Å². The van der Waals surface area contributed by atoms with Crippen molar-refractivity contribution in [2.45, 2.75) is 45.8 Å². The van der Waals surface area contributed by atoms with Gasteiger partial charge in [0.25, 0.3) is 6.43 Å². The number of nitrogens with zero attached hydrogens (tertiary/aromatic N) is 4. The quantitative estimate of drug-likeness (QED) is 0.625. The number of nitrogens with one attached hydrogen (secondary N) is 1. The predicted molar refractivity (Wildman–Crippen MR) is 104 cm³/mol. The number of benzene rings is 1. The van der Waals surface area contributed by atoms with E-state index in [1.54, 1.807) is 17.8 Å². The average molecular weight is 387 g/mol. The second kappa shape index (κ2) is 8.02. The van der Waals surface area contributed by atoms with Gasteiger partial charge in [-0.25, -0.2) is 18.7 Å². The molecule has 3 aromatic rings. The van der Waals surface area contributed by atoms with Crippen LogP contribution in [0.2, 0.25) is 0 Å². The summed E-state index contributed by atoms with van der Waals surface area (Å²) in [5, 5.41) is 17.5. The van der Waals surface area contributed by atoms with Crippen molar-refractivity contribution in [3.05, 3.63) is 54.1 Å². The summed E-state index contributed by atoms with van der Waals surface area (Å²) in [4.78, 5) is 7.84. The summed E-state index contributed by atoms with van der Waals surface area (Å²) in [5.74, 6) is 0.115. The van der Waals surface area contributed by atoms with Gasteiger partial charge in [-0.3, -0.25) is 4.68 Å². The van der Waals surface area contributed by atoms with Crippen molar-refractivity contribution in [3.8, 4) is 11.1 Å². The highest BCUT2D eigenvalue weighted by molar-refractivity contribution is 5.70. The Balaban J connectivity index is 1.84. The second-order valence-corrected chi connectivity index (χ2v) is 7.10. The lowest BCUT2D eigenvalue weighted by Crippen LogP contribution is -2.29. The minimum Gasteiger partial charge on any atom is -0.388 e. The smallest absolute Gasteiger partial charge is 0.280 e. The van der Waals surface area contributed by atoms with Gasteiger partial charge >= 0.3 is 0 Å². The zero-order valence-corrected chi connectivity index (χ0v) is 16.0. The van der Waals surface area contributed by atoms with Crippen LogP contribution in [0.15, 0.2) is 42.9 Å².